The van der Waals surface area contributed by atoms with E-state index in [1.165, 1.54) is 0 Å². The van der Waals surface area contributed by atoms with E-state index in [0.29, 0.717) is 11.3 Å². The molecule has 0 saturated carbocycles. The maximum absolute atomic E-state index is 11.5. The van der Waals surface area contributed by atoms with Crippen LogP contribution in [0, 0.1) is 0 Å². The molecule has 0 N–H and O–H groups in total. The first-order valence-corrected chi connectivity index (χ1v) is 4.72. The van der Waals surface area contributed by atoms with E-state index in [-0.39, 0.29) is 18.0 Å². The van der Waals surface area contributed by atoms with E-state index in [1.807, 2.05) is 24.3 Å². The highest BCUT2D eigenvalue weighted by Gasteiger charge is 2.28. The van der Waals surface area contributed by atoms with Crippen LogP contribution < -0.4 is 0 Å². The molecule has 1 aromatic heterocycles. The number of fused-ring (bicyclic) bond motifs is 2. The van der Waals surface area contributed by atoms with Crippen LogP contribution >= 0.6 is 0 Å². The van der Waals surface area contributed by atoms with Crippen LogP contribution in [-0.2, 0) is 0 Å². The van der Waals surface area contributed by atoms with Gasteiger partial charge in [-0.3, -0.25) is 9.59 Å². The van der Waals surface area contributed by atoms with Gasteiger partial charge >= 0.3 is 0 Å². The fraction of sp³-hybridized carbons (Fsp3) is 0.0833. The lowest BCUT2D eigenvalue weighted by molar-refractivity contribution is 0.0921. The Morgan fingerprint density at radius 2 is 1.87 bits per heavy atom. The number of Topliss-reactive ketones (excluding diaryl/α,β-unsaturated/α-hetero) is 2. The Morgan fingerprint density at radius 3 is 2.73 bits per heavy atom. The Kier molecular flexibility index (Phi) is 1.51. The second kappa shape index (κ2) is 2.73. The Hall–Kier alpha value is -2.03. The van der Waals surface area contributed by atoms with Crippen molar-refractivity contribution in [1.29, 1.82) is 0 Å². The molecule has 2 aromatic rings. The second-order valence-electron chi connectivity index (χ2n) is 3.60. The molecule has 0 amide bonds. The van der Waals surface area contributed by atoms with Gasteiger partial charge in [-0.2, -0.15) is 0 Å². The minimum atomic E-state index is -0.166. The quantitative estimate of drug-likeness (QED) is 0.607. The van der Waals surface area contributed by atoms with Crippen LogP contribution in [0.3, 0.4) is 0 Å². The molecule has 0 fully saturated rings. The van der Waals surface area contributed by atoms with E-state index in [9.17, 15) is 9.59 Å². The van der Waals surface area contributed by atoms with Crippen molar-refractivity contribution in [2.45, 2.75) is 6.42 Å². The zero-order valence-electron chi connectivity index (χ0n) is 7.86. The number of benzene rings is 1. The number of carbonyl (C=O) groups is 2. The summed E-state index contributed by atoms with van der Waals surface area (Å²) in [7, 11) is 0. The average Bonchev–Trinajstić information content (AvgIpc) is 2.52. The molecule has 0 aliphatic heterocycles. The molecule has 0 radical (unpaired) electrons. The number of hydrogen-bond acceptors (Lipinski definition) is 3. The third-order valence-corrected chi connectivity index (χ3v) is 2.61. The normalized spacial score (nSPS) is 14.7. The number of aromatic nitrogens is 1. The Morgan fingerprint density at radius 1 is 1.07 bits per heavy atom. The van der Waals surface area contributed by atoms with Gasteiger partial charge in [-0.1, -0.05) is 18.2 Å². The van der Waals surface area contributed by atoms with E-state index in [4.69, 9.17) is 0 Å². The van der Waals surface area contributed by atoms with Crippen LogP contribution in [0.1, 0.15) is 27.3 Å². The predicted molar refractivity (Wildman–Crippen MR) is 55.0 cm³/mol. The van der Waals surface area contributed by atoms with Gasteiger partial charge in [0.1, 0.15) is 5.69 Å². The summed E-state index contributed by atoms with van der Waals surface area (Å²) in [4.78, 5) is 27.1. The van der Waals surface area contributed by atoms with Crippen molar-refractivity contribution in [3.05, 3.63) is 41.6 Å². The summed E-state index contributed by atoms with van der Waals surface area (Å²) >= 11 is 0. The van der Waals surface area contributed by atoms with Crippen molar-refractivity contribution in [2.24, 2.45) is 0 Å². The number of hydrogen-bond donors (Lipinski definition) is 0. The zero-order valence-corrected chi connectivity index (χ0v) is 7.86. The molecule has 15 heavy (non-hydrogen) atoms. The Balaban J connectivity index is 2.41. The Bertz CT molecular complexity index is 549. The lowest BCUT2D eigenvalue weighted by atomic mass is 10.1. The van der Waals surface area contributed by atoms with Crippen LogP contribution in [-0.4, -0.2) is 16.6 Å². The van der Waals surface area contributed by atoms with Crippen molar-refractivity contribution in [3.63, 3.8) is 0 Å². The highest BCUT2D eigenvalue weighted by atomic mass is 16.2. The van der Waals surface area contributed by atoms with E-state index < -0.39 is 0 Å². The molecule has 3 heteroatoms. The molecule has 0 spiro atoms. The van der Waals surface area contributed by atoms with Crippen LogP contribution in [0.5, 0.6) is 0 Å². The summed E-state index contributed by atoms with van der Waals surface area (Å²) in [6, 6.07) is 9.23. The van der Waals surface area contributed by atoms with Gasteiger partial charge in [-0.25, -0.2) is 4.98 Å². The van der Waals surface area contributed by atoms with Crippen molar-refractivity contribution < 1.29 is 9.59 Å². The molecule has 1 aromatic carbocycles. The molecule has 0 bridgehead atoms. The van der Waals surface area contributed by atoms with E-state index in [0.717, 1.165) is 10.9 Å². The largest absolute Gasteiger partial charge is 0.294 e. The number of ketones is 2. The molecular weight excluding hydrogens is 190 g/mol. The van der Waals surface area contributed by atoms with Crippen molar-refractivity contribution in [1.82, 2.24) is 4.98 Å². The second-order valence-corrected chi connectivity index (χ2v) is 3.60. The number of nitrogens with zero attached hydrogens (tertiary/aromatic N) is 1. The van der Waals surface area contributed by atoms with Crippen molar-refractivity contribution in [3.8, 4) is 0 Å². The first-order valence-electron chi connectivity index (χ1n) is 4.72. The molecule has 0 unspecified atom stereocenters. The van der Waals surface area contributed by atoms with Crippen LogP contribution in [0.2, 0.25) is 0 Å². The molecule has 1 aliphatic rings. The van der Waals surface area contributed by atoms with Crippen molar-refractivity contribution in [2.75, 3.05) is 0 Å². The van der Waals surface area contributed by atoms with Gasteiger partial charge in [0.25, 0.3) is 0 Å². The van der Waals surface area contributed by atoms with Crippen LogP contribution in [0.4, 0.5) is 0 Å². The molecule has 1 heterocycles. The fourth-order valence-electron chi connectivity index (χ4n) is 1.87. The summed E-state index contributed by atoms with van der Waals surface area (Å²) in [5.41, 5.74) is 1.57. The maximum Gasteiger partial charge on any atom is 0.189 e. The molecule has 0 saturated heterocycles. The molecule has 3 nitrogen and oxygen atoms in total. The summed E-state index contributed by atoms with van der Waals surface area (Å²) in [6.45, 7) is 0. The Labute approximate surface area is 85.7 Å². The van der Waals surface area contributed by atoms with Crippen molar-refractivity contribution >= 4 is 22.5 Å². The molecule has 72 valence electrons. The van der Waals surface area contributed by atoms with E-state index in [1.54, 1.807) is 6.07 Å². The summed E-state index contributed by atoms with van der Waals surface area (Å²) in [5, 5.41) is 0.902. The first-order chi connectivity index (χ1) is 7.25. The lowest BCUT2D eigenvalue weighted by Crippen LogP contribution is -1.96. The summed E-state index contributed by atoms with van der Waals surface area (Å²) in [5.74, 6) is -0.283. The van der Waals surface area contributed by atoms with Gasteiger partial charge in [-0.05, 0) is 12.1 Å². The van der Waals surface area contributed by atoms with Gasteiger partial charge in [0.05, 0.1) is 11.9 Å². The summed E-state index contributed by atoms with van der Waals surface area (Å²) < 4.78 is 0. The van der Waals surface area contributed by atoms with E-state index >= 15 is 0 Å². The van der Waals surface area contributed by atoms with Gasteiger partial charge in [-0.15, -0.1) is 0 Å². The van der Waals surface area contributed by atoms with Gasteiger partial charge < -0.3 is 0 Å². The fourth-order valence-corrected chi connectivity index (χ4v) is 1.87. The van der Waals surface area contributed by atoms with Gasteiger partial charge in [0.15, 0.2) is 11.6 Å². The SMILES string of the molecule is O=C1CC(=O)c2nc3ccccc3cc21. The molecular formula is C12H7NO2. The molecule has 0 atom stereocenters. The van der Waals surface area contributed by atoms with Crippen LogP contribution in [0.15, 0.2) is 30.3 Å². The predicted octanol–water partition coefficient (Wildman–Crippen LogP) is 2.00. The number of pyridine rings is 1. The topological polar surface area (TPSA) is 47.0 Å². The van der Waals surface area contributed by atoms with Gasteiger partial charge in [0.2, 0.25) is 0 Å². The number of para-hydroxylation sites is 1. The highest BCUT2D eigenvalue weighted by Crippen LogP contribution is 2.24. The minimum Gasteiger partial charge on any atom is -0.294 e. The zero-order chi connectivity index (χ0) is 10.4. The van der Waals surface area contributed by atoms with Gasteiger partial charge in [0, 0.05) is 10.9 Å². The standard InChI is InChI=1S/C12H7NO2/c14-10-6-11(15)12-8(10)5-7-3-1-2-4-9(7)13-12/h1-5H,6H2. The summed E-state index contributed by atoms with van der Waals surface area (Å²) in [6.07, 6.45) is -0.0291. The lowest BCUT2D eigenvalue weighted by Gasteiger charge is -1.99. The smallest absolute Gasteiger partial charge is 0.189 e. The van der Waals surface area contributed by atoms with Crippen LogP contribution in [0.25, 0.3) is 10.9 Å². The average molecular weight is 197 g/mol. The first kappa shape index (κ1) is 8.29. The van der Waals surface area contributed by atoms with E-state index in [2.05, 4.69) is 4.98 Å². The number of carbonyl (C=O) groups excluding carboxylic acids is 2. The molecule has 3 rings (SSSR count). The highest BCUT2D eigenvalue weighted by molar-refractivity contribution is 6.24. The molecule has 1 aliphatic carbocycles. The third kappa shape index (κ3) is 1.09. The number of rotatable bonds is 0. The maximum atomic E-state index is 11.5. The third-order valence-electron chi connectivity index (χ3n) is 2.61. The monoisotopic (exact) mass is 197 g/mol. The minimum absolute atomic E-state index is 0.0291.